The van der Waals surface area contributed by atoms with E-state index < -0.39 is 9.84 Å². The summed E-state index contributed by atoms with van der Waals surface area (Å²) in [6.45, 7) is 2.06. The summed E-state index contributed by atoms with van der Waals surface area (Å²) in [5.74, 6) is 2.48. The SMILES string of the molecule is CCSC1=N[C@@H]2CS(=O)(=O)C[C@H]2N1c1ccc(OC)cc1OC. The van der Waals surface area contributed by atoms with Crippen LogP contribution in [0.3, 0.4) is 0 Å². The van der Waals surface area contributed by atoms with Gasteiger partial charge in [-0.3, -0.25) is 4.99 Å². The Labute approximate surface area is 140 Å². The van der Waals surface area contributed by atoms with Crippen LogP contribution in [-0.2, 0) is 9.84 Å². The van der Waals surface area contributed by atoms with Gasteiger partial charge >= 0.3 is 0 Å². The van der Waals surface area contributed by atoms with E-state index in [0.29, 0.717) is 11.5 Å². The molecule has 1 aromatic carbocycles. The second-order valence-corrected chi connectivity index (χ2v) is 8.85. The number of hydrogen-bond acceptors (Lipinski definition) is 7. The molecular formula is C15H20N2O4S2. The van der Waals surface area contributed by atoms with Crippen molar-refractivity contribution in [1.82, 2.24) is 0 Å². The highest BCUT2D eigenvalue weighted by Gasteiger charge is 2.47. The summed E-state index contributed by atoms with van der Waals surface area (Å²) in [5.41, 5.74) is 0.831. The highest BCUT2D eigenvalue weighted by Crippen LogP contribution is 2.40. The molecule has 0 aliphatic carbocycles. The van der Waals surface area contributed by atoms with Crippen molar-refractivity contribution < 1.29 is 17.9 Å². The Morgan fingerprint density at radius 3 is 2.74 bits per heavy atom. The molecule has 1 saturated heterocycles. The van der Waals surface area contributed by atoms with Crippen molar-refractivity contribution in [1.29, 1.82) is 0 Å². The molecule has 6 nitrogen and oxygen atoms in total. The Morgan fingerprint density at radius 1 is 1.30 bits per heavy atom. The number of ether oxygens (including phenoxy) is 2. The smallest absolute Gasteiger partial charge is 0.164 e. The summed E-state index contributed by atoms with van der Waals surface area (Å²) >= 11 is 1.62. The lowest BCUT2D eigenvalue weighted by Gasteiger charge is -2.28. The van der Waals surface area contributed by atoms with Gasteiger partial charge in [0.1, 0.15) is 11.5 Å². The molecule has 0 amide bonds. The van der Waals surface area contributed by atoms with E-state index in [1.807, 2.05) is 17.0 Å². The third-order valence-electron chi connectivity index (χ3n) is 4.03. The first-order chi connectivity index (χ1) is 11.0. The van der Waals surface area contributed by atoms with Gasteiger partial charge in [-0.1, -0.05) is 18.7 Å². The molecule has 2 atom stereocenters. The average molecular weight is 356 g/mol. The van der Waals surface area contributed by atoms with Crippen LogP contribution in [0.5, 0.6) is 11.5 Å². The van der Waals surface area contributed by atoms with Gasteiger partial charge in [0.05, 0.1) is 43.5 Å². The number of aliphatic imine (C=N–C) groups is 1. The van der Waals surface area contributed by atoms with Crippen LogP contribution in [0.2, 0.25) is 0 Å². The number of thioether (sulfide) groups is 1. The van der Waals surface area contributed by atoms with Gasteiger partial charge in [0, 0.05) is 6.07 Å². The molecule has 0 radical (unpaired) electrons. The third-order valence-corrected chi connectivity index (χ3v) is 6.58. The van der Waals surface area contributed by atoms with E-state index in [2.05, 4.69) is 11.9 Å². The molecule has 0 aromatic heterocycles. The maximum absolute atomic E-state index is 12.0. The van der Waals surface area contributed by atoms with E-state index in [1.165, 1.54) is 0 Å². The van der Waals surface area contributed by atoms with Crippen molar-refractivity contribution >= 4 is 32.5 Å². The normalized spacial score (nSPS) is 25.2. The number of anilines is 1. The summed E-state index contributed by atoms with van der Waals surface area (Å²) in [4.78, 5) is 6.67. The van der Waals surface area contributed by atoms with E-state index in [1.54, 1.807) is 32.0 Å². The lowest BCUT2D eigenvalue weighted by Crippen LogP contribution is -2.39. The molecule has 2 heterocycles. The van der Waals surface area contributed by atoms with Gasteiger partial charge in [-0.2, -0.15) is 0 Å². The van der Waals surface area contributed by atoms with Crippen LogP contribution in [0, 0.1) is 0 Å². The number of sulfone groups is 1. The number of methoxy groups -OCH3 is 2. The monoisotopic (exact) mass is 356 g/mol. The Morgan fingerprint density at radius 2 is 2.09 bits per heavy atom. The third kappa shape index (κ3) is 3.01. The van der Waals surface area contributed by atoms with E-state index in [0.717, 1.165) is 16.6 Å². The zero-order chi connectivity index (χ0) is 16.6. The first-order valence-corrected chi connectivity index (χ1v) is 10.2. The van der Waals surface area contributed by atoms with Crippen molar-refractivity contribution in [3.05, 3.63) is 18.2 Å². The predicted molar refractivity (Wildman–Crippen MR) is 93.8 cm³/mol. The summed E-state index contributed by atoms with van der Waals surface area (Å²) in [7, 11) is 0.158. The molecule has 0 spiro atoms. The molecule has 23 heavy (non-hydrogen) atoms. The molecule has 0 unspecified atom stereocenters. The van der Waals surface area contributed by atoms with Crippen molar-refractivity contribution in [2.24, 2.45) is 4.99 Å². The van der Waals surface area contributed by atoms with Crippen molar-refractivity contribution in [3.63, 3.8) is 0 Å². The van der Waals surface area contributed by atoms with Crippen LogP contribution in [0.1, 0.15) is 6.92 Å². The number of nitrogens with zero attached hydrogens (tertiary/aromatic N) is 2. The van der Waals surface area contributed by atoms with E-state index in [9.17, 15) is 8.42 Å². The molecule has 1 fully saturated rings. The fourth-order valence-corrected chi connectivity index (χ4v) is 5.71. The zero-order valence-electron chi connectivity index (χ0n) is 13.4. The lowest BCUT2D eigenvalue weighted by atomic mass is 10.1. The molecule has 3 rings (SSSR count). The molecule has 2 aliphatic heterocycles. The minimum absolute atomic E-state index is 0.125. The van der Waals surface area contributed by atoms with Crippen LogP contribution < -0.4 is 14.4 Å². The van der Waals surface area contributed by atoms with Gasteiger partial charge in [-0.05, 0) is 17.9 Å². The highest BCUT2D eigenvalue weighted by atomic mass is 32.2. The molecule has 0 bridgehead atoms. The Balaban J connectivity index is 2.04. The van der Waals surface area contributed by atoms with Gasteiger partial charge in [-0.15, -0.1) is 0 Å². The quantitative estimate of drug-likeness (QED) is 0.819. The molecule has 8 heteroatoms. The number of fused-ring (bicyclic) bond motifs is 1. The van der Waals surface area contributed by atoms with Gasteiger partial charge < -0.3 is 14.4 Å². The summed E-state index contributed by atoms with van der Waals surface area (Å²) in [5, 5.41) is 0.862. The number of hydrogen-bond donors (Lipinski definition) is 0. The van der Waals surface area contributed by atoms with E-state index in [-0.39, 0.29) is 23.6 Å². The van der Waals surface area contributed by atoms with Gasteiger partial charge in [0.15, 0.2) is 15.0 Å². The fourth-order valence-electron chi connectivity index (χ4n) is 3.03. The zero-order valence-corrected chi connectivity index (χ0v) is 15.0. The fraction of sp³-hybridized carbons (Fsp3) is 0.533. The van der Waals surface area contributed by atoms with Gasteiger partial charge in [-0.25, -0.2) is 8.42 Å². The molecule has 0 N–H and O–H groups in total. The maximum Gasteiger partial charge on any atom is 0.164 e. The molecule has 1 aromatic rings. The molecule has 2 aliphatic rings. The minimum atomic E-state index is -3.04. The van der Waals surface area contributed by atoms with Crippen LogP contribution in [-0.4, -0.2) is 57.1 Å². The summed E-state index contributed by atoms with van der Waals surface area (Å²) in [6, 6.07) is 5.21. The highest BCUT2D eigenvalue weighted by molar-refractivity contribution is 8.14. The van der Waals surface area contributed by atoms with Gasteiger partial charge in [0.2, 0.25) is 0 Å². The summed E-state index contributed by atoms with van der Waals surface area (Å²) < 4.78 is 34.7. The number of amidine groups is 1. The largest absolute Gasteiger partial charge is 0.497 e. The standard InChI is InChI=1S/C15H20N2O4S2/c1-4-22-15-16-11-8-23(18,19)9-13(11)17(15)12-6-5-10(20-2)7-14(12)21-3/h5-7,11,13H,4,8-9H2,1-3H3/t11-,13-/m1/s1. The van der Waals surface area contributed by atoms with E-state index >= 15 is 0 Å². The second-order valence-electron chi connectivity index (χ2n) is 5.46. The van der Waals surface area contributed by atoms with Crippen LogP contribution in [0.4, 0.5) is 5.69 Å². The van der Waals surface area contributed by atoms with Gasteiger partial charge in [0.25, 0.3) is 0 Å². The Bertz CT molecular complexity index is 733. The minimum Gasteiger partial charge on any atom is -0.497 e. The number of rotatable bonds is 4. The summed E-state index contributed by atoms with van der Waals surface area (Å²) in [6.07, 6.45) is 0. The van der Waals surface area contributed by atoms with Crippen LogP contribution in [0.25, 0.3) is 0 Å². The predicted octanol–water partition coefficient (Wildman–Crippen LogP) is 1.80. The van der Waals surface area contributed by atoms with Crippen molar-refractivity contribution in [3.8, 4) is 11.5 Å². The number of benzene rings is 1. The van der Waals surface area contributed by atoms with Crippen LogP contribution in [0.15, 0.2) is 23.2 Å². The van der Waals surface area contributed by atoms with Crippen molar-refractivity contribution in [2.75, 3.05) is 36.4 Å². The molecular weight excluding hydrogens is 336 g/mol. The maximum atomic E-state index is 12.0. The van der Waals surface area contributed by atoms with E-state index in [4.69, 9.17) is 9.47 Å². The average Bonchev–Trinajstić information content (AvgIpc) is 2.98. The second kappa shape index (κ2) is 6.24. The molecule has 126 valence electrons. The van der Waals surface area contributed by atoms with Crippen molar-refractivity contribution in [2.45, 2.75) is 19.0 Å². The Hall–Kier alpha value is -1.41. The van der Waals surface area contributed by atoms with Crippen LogP contribution >= 0.6 is 11.8 Å². The first-order valence-electron chi connectivity index (χ1n) is 7.41. The first kappa shape index (κ1) is 16.4. The molecule has 0 saturated carbocycles. The lowest BCUT2D eigenvalue weighted by molar-refractivity contribution is 0.394. The Kier molecular flexibility index (Phi) is 4.46. The topological polar surface area (TPSA) is 68.2 Å².